The average Bonchev–Trinajstić information content (AvgIpc) is 2.39. The molecule has 5 heteroatoms. The Morgan fingerprint density at radius 2 is 2.21 bits per heavy atom. The minimum Gasteiger partial charge on any atom is -0.481 e. The summed E-state index contributed by atoms with van der Waals surface area (Å²) in [5, 5.41) is 9.61. The van der Waals surface area contributed by atoms with E-state index in [0.29, 0.717) is 24.5 Å². The summed E-state index contributed by atoms with van der Waals surface area (Å²) >= 11 is 5.88. The fourth-order valence-electron chi connectivity index (χ4n) is 2.34. The number of amides is 1. The van der Waals surface area contributed by atoms with Gasteiger partial charge in [-0.05, 0) is 30.5 Å². The summed E-state index contributed by atoms with van der Waals surface area (Å²) in [5.41, 5.74) is 0.856. The molecule has 102 valence electrons. The van der Waals surface area contributed by atoms with Crippen LogP contribution >= 0.6 is 11.6 Å². The van der Waals surface area contributed by atoms with Crippen molar-refractivity contribution in [1.29, 1.82) is 0 Å². The van der Waals surface area contributed by atoms with Crippen LogP contribution in [0.5, 0.6) is 0 Å². The Hall–Kier alpha value is -1.55. The highest BCUT2D eigenvalue weighted by atomic mass is 35.5. The van der Waals surface area contributed by atoms with Crippen molar-refractivity contribution < 1.29 is 14.7 Å². The zero-order valence-electron chi connectivity index (χ0n) is 10.5. The number of carbonyl (C=O) groups excluding carboxylic acids is 1. The molecule has 0 unspecified atom stereocenters. The molecule has 1 aliphatic heterocycles. The van der Waals surface area contributed by atoms with E-state index >= 15 is 0 Å². The average molecular weight is 282 g/mol. The number of piperidine rings is 1. The van der Waals surface area contributed by atoms with Crippen molar-refractivity contribution in [2.45, 2.75) is 19.3 Å². The maximum Gasteiger partial charge on any atom is 0.308 e. The molecule has 1 fully saturated rings. The summed E-state index contributed by atoms with van der Waals surface area (Å²) in [6, 6.07) is 7.18. The molecule has 0 aromatic heterocycles. The number of carbonyl (C=O) groups is 2. The van der Waals surface area contributed by atoms with Gasteiger partial charge in [-0.1, -0.05) is 23.7 Å². The lowest BCUT2D eigenvalue weighted by Crippen LogP contribution is -2.42. The molecule has 1 aromatic rings. The van der Waals surface area contributed by atoms with Crippen molar-refractivity contribution in [2.75, 3.05) is 13.1 Å². The van der Waals surface area contributed by atoms with Gasteiger partial charge >= 0.3 is 5.97 Å². The zero-order valence-corrected chi connectivity index (χ0v) is 11.3. The van der Waals surface area contributed by atoms with Gasteiger partial charge in [-0.25, -0.2) is 0 Å². The van der Waals surface area contributed by atoms with Crippen LogP contribution in [0.2, 0.25) is 5.02 Å². The lowest BCUT2D eigenvalue weighted by atomic mass is 9.97. The molecule has 1 N–H and O–H groups in total. The van der Waals surface area contributed by atoms with Crippen LogP contribution in [0, 0.1) is 5.92 Å². The number of halogens is 1. The molecule has 1 heterocycles. The summed E-state index contributed by atoms with van der Waals surface area (Å²) in [4.78, 5) is 24.7. The van der Waals surface area contributed by atoms with E-state index in [0.717, 1.165) is 12.0 Å². The maximum absolute atomic E-state index is 12.1. The van der Waals surface area contributed by atoms with E-state index in [1.165, 1.54) is 0 Å². The number of hydrogen-bond donors (Lipinski definition) is 1. The van der Waals surface area contributed by atoms with Gasteiger partial charge in [0.2, 0.25) is 5.91 Å². The zero-order chi connectivity index (χ0) is 13.8. The van der Waals surface area contributed by atoms with Gasteiger partial charge in [0.1, 0.15) is 0 Å². The van der Waals surface area contributed by atoms with Crippen LogP contribution in [-0.2, 0) is 16.0 Å². The number of nitrogens with zero attached hydrogens (tertiary/aromatic N) is 1. The topological polar surface area (TPSA) is 57.6 Å². The number of carboxylic acid groups (broad SMARTS) is 1. The fraction of sp³-hybridized carbons (Fsp3) is 0.429. The van der Waals surface area contributed by atoms with E-state index in [4.69, 9.17) is 16.7 Å². The van der Waals surface area contributed by atoms with Crippen LogP contribution in [-0.4, -0.2) is 35.0 Å². The molecule has 0 radical (unpaired) electrons. The monoisotopic (exact) mass is 281 g/mol. The summed E-state index contributed by atoms with van der Waals surface area (Å²) in [6.45, 7) is 0.956. The highest BCUT2D eigenvalue weighted by molar-refractivity contribution is 6.30. The quantitative estimate of drug-likeness (QED) is 0.924. The van der Waals surface area contributed by atoms with E-state index < -0.39 is 11.9 Å². The largest absolute Gasteiger partial charge is 0.481 e. The fourth-order valence-corrected chi connectivity index (χ4v) is 2.55. The van der Waals surface area contributed by atoms with Gasteiger partial charge in [-0.2, -0.15) is 0 Å². The number of aliphatic carboxylic acids is 1. The minimum absolute atomic E-state index is 0.0341. The Kier molecular flexibility index (Phi) is 4.43. The third kappa shape index (κ3) is 3.70. The molecule has 1 aromatic carbocycles. The second-order valence-electron chi connectivity index (χ2n) is 4.82. The first-order chi connectivity index (χ1) is 9.06. The number of likely N-dealkylation sites (tertiary alicyclic amines) is 1. The first kappa shape index (κ1) is 13.9. The van der Waals surface area contributed by atoms with E-state index in [1.54, 1.807) is 23.1 Å². The van der Waals surface area contributed by atoms with Crippen molar-refractivity contribution in [2.24, 2.45) is 5.92 Å². The molecule has 19 heavy (non-hydrogen) atoms. The Bertz CT molecular complexity index is 489. The maximum atomic E-state index is 12.1. The highest BCUT2D eigenvalue weighted by Crippen LogP contribution is 2.18. The molecular formula is C14H16ClNO3. The minimum atomic E-state index is -0.819. The Morgan fingerprint density at radius 1 is 1.42 bits per heavy atom. The molecule has 1 saturated heterocycles. The van der Waals surface area contributed by atoms with Gasteiger partial charge in [0.15, 0.2) is 0 Å². The van der Waals surface area contributed by atoms with E-state index in [9.17, 15) is 9.59 Å². The molecule has 0 aliphatic carbocycles. The molecule has 0 spiro atoms. The summed E-state index contributed by atoms with van der Waals surface area (Å²) in [5.74, 6) is -1.29. The normalized spacial score (nSPS) is 19.2. The summed E-state index contributed by atoms with van der Waals surface area (Å²) in [7, 11) is 0. The van der Waals surface area contributed by atoms with Crippen LogP contribution in [0.1, 0.15) is 18.4 Å². The van der Waals surface area contributed by atoms with Crippen LogP contribution in [0.15, 0.2) is 24.3 Å². The van der Waals surface area contributed by atoms with Crippen LogP contribution in [0.4, 0.5) is 0 Å². The van der Waals surface area contributed by atoms with Crippen LogP contribution in [0.3, 0.4) is 0 Å². The van der Waals surface area contributed by atoms with Gasteiger partial charge in [-0.3, -0.25) is 9.59 Å². The van der Waals surface area contributed by atoms with Gasteiger partial charge in [-0.15, -0.1) is 0 Å². The number of rotatable bonds is 3. The Balaban J connectivity index is 1.98. The first-order valence-electron chi connectivity index (χ1n) is 6.31. The van der Waals surface area contributed by atoms with Crippen molar-refractivity contribution in [3.63, 3.8) is 0 Å². The molecule has 0 saturated carbocycles. The first-order valence-corrected chi connectivity index (χ1v) is 6.69. The van der Waals surface area contributed by atoms with Crippen LogP contribution < -0.4 is 0 Å². The summed E-state index contributed by atoms with van der Waals surface area (Å²) in [6.07, 6.45) is 1.67. The second-order valence-corrected chi connectivity index (χ2v) is 5.26. The summed E-state index contributed by atoms with van der Waals surface area (Å²) < 4.78 is 0. The smallest absolute Gasteiger partial charge is 0.308 e. The van der Waals surface area contributed by atoms with Gasteiger partial charge in [0.25, 0.3) is 0 Å². The van der Waals surface area contributed by atoms with Gasteiger partial charge in [0, 0.05) is 18.1 Å². The standard InChI is InChI=1S/C14H16ClNO3/c15-12-5-1-3-10(7-12)8-13(17)16-6-2-4-11(9-16)14(18)19/h1,3,5,7,11H,2,4,6,8-9H2,(H,18,19)/t11-/m0/s1. The third-order valence-corrected chi connectivity index (χ3v) is 3.60. The number of hydrogen-bond acceptors (Lipinski definition) is 2. The Labute approximate surface area is 117 Å². The van der Waals surface area contributed by atoms with Gasteiger partial charge in [0.05, 0.1) is 12.3 Å². The number of carboxylic acids is 1. The number of benzene rings is 1. The van der Waals surface area contributed by atoms with Crippen LogP contribution in [0.25, 0.3) is 0 Å². The molecule has 2 rings (SSSR count). The highest BCUT2D eigenvalue weighted by Gasteiger charge is 2.27. The van der Waals surface area contributed by atoms with Crippen molar-refractivity contribution >= 4 is 23.5 Å². The molecular weight excluding hydrogens is 266 g/mol. The second kappa shape index (κ2) is 6.06. The van der Waals surface area contributed by atoms with Crippen molar-refractivity contribution in [3.8, 4) is 0 Å². The van der Waals surface area contributed by atoms with E-state index in [1.807, 2.05) is 6.07 Å². The van der Waals surface area contributed by atoms with E-state index in [2.05, 4.69) is 0 Å². The molecule has 0 bridgehead atoms. The van der Waals surface area contributed by atoms with Crippen molar-refractivity contribution in [1.82, 2.24) is 4.90 Å². The molecule has 1 aliphatic rings. The third-order valence-electron chi connectivity index (χ3n) is 3.37. The predicted octanol–water partition coefficient (Wildman–Crippen LogP) is 2.21. The van der Waals surface area contributed by atoms with Gasteiger partial charge < -0.3 is 10.0 Å². The molecule has 4 nitrogen and oxygen atoms in total. The lowest BCUT2D eigenvalue weighted by Gasteiger charge is -2.30. The van der Waals surface area contributed by atoms with Crippen molar-refractivity contribution in [3.05, 3.63) is 34.9 Å². The molecule has 1 amide bonds. The van der Waals surface area contributed by atoms with E-state index in [-0.39, 0.29) is 12.3 Å². The lowest BCUT2D eigenvalue weighted by molar-refractivity contribution is -0.145. The Morgan fingerprint density at radius 3 is 2.89 bits per heavy atom. The molecule has 1 atom stereocenters. The predicted molar refractivity (Wildman–Crippen MR) is 72.1 cm³/mol. The SMILES string of the molecule is O=C(O)[C@H]1CCCN(C(=O)Cc2cccc(Cl)c2)C1.